The number of aromatic nitrogens is 1. The van der Waals surface area contributed by atoms with Crippen LogP contribution in [0.15, 0.2) is 41.3 Å². The fraction of sp³-hybridized carbons (Fsp3) is 0.556. The van der Waals surface area contributed by atoms with E-state index in [-0.39, 0.29) is 42.2 Å². The van der Waals surface area contributed by atoms with Gasteiger partial charge in [0.2, 0.25) is 14.3 Å². The van der Waals surface area contributed by atoms with Crippen molar-refractivity contribution in [2.24, 2.45) is 5.92 Å². The van der Waals surface area contributed by atoms with Crippen molar-refractivity contribution in [2.75, 3.05) is 27.4 Å². The molecule has 37 heavy (non-hydrogen) atoms. The molecule has 202 valence electrons. The van der Waals surface area contributed by atoms with Crippen LogP contribution < -0.4 is 15.0 Å². The second kappa shape index (κ2) is 11.0. The lowest BCUT2D eigenvalue weighted by molar-refractivity contribution is -0.133. The molecule has 1 unspecified atom stereocenters. The average molecular weight is 533 g/mol. The second-order valence-electron chi connectivity index (χ2n) is 10.5. The van der Waals surface area contributed by atoms with Gasteiger partial charge in [0.25, 0.3) is 5.56 Å². The second-order valence-corrected chi connectivity index (χ2v) is 14.4. The van der Waals surface area contributed by atoms with E-state index >= 15 is 4.11 Å². The van der Waals surface area contributed by atoms with Crippen LogP contribution in [0.5, 0.6) is 11.5 Å². The maximum Gasteiger partial charge on any atom is 0.297 e. The Balaban J connectivity index is 1.67. The number of halogens is 1. The molecule has 1 saturated heterocycles. The van der Waals surface area contributed by atoms with Crippen molar-refractivity contribution in [2.45, 2.75) is 63.1 Å². The quantitative estimate of drug-likeness (QED) is 0.410. The molecule has 5 atom stereocenters. The lowest BCUT2D eigenvalue weighted by atomic mass is 9.86. The van der Waals surface area contributed by atoms with E-state index in [1.165, 1.54) is 11.7 Å². The van der Waals surface area contributed by atoms with Gasteiger partial charge >= 0.3 is 0 Å². The minimum atomic E-state index is -3.36. The molecule has 0 bridgehead atoms. The van der Waals surface area contributed by atoms with Gasteiger partial charge in [-0.3, -0.25) is 14.2 Å². The van der Waals surface area contributed by atoms with Crippen molar-refractivity contribution in [3.63, 3.8) is 0 Å². The molecular formula is C27H37FN2O6Si. The number of aliphatic hydroxyl groups is 1. The molecule has 0 spiro atoms. The summed E-state index contributed by atoms with van der Waals surface area (Å²) in [5, 5.41) is 9.67. The number of nitrogens with zero attached hydrogens (tertiary/aromatic N) is 2. The number of likely N-dealkylation sites (tertiary alicyclic amines) is 1. The number of amides is 1. The molecule has 1 aromatic heterocycles. The molecule has 2 aliphatic heterocycles. The summed E-state index contributed by atoms with van der Waals surface area (Å²) < 4.78 is 34.8. The van der Waals surface area contributed by atoms with Crippen LogP contribution in [0.4, 0.5) is 4.11 Å². The Labute approximate surface area is 218 Å². The maximum absolute atomic E-state index is 15.8. The van der Waals surface area contributed by atoms with Crippen LogP contribution in [0, 0.1) is 5.92 Å². The zero-order valence-electron chi connectivity index (χ0n) is 22.1. The molecule has 2 aliphatic rings. The van der Waals surface area contributed by atoms with Crippen molar-refractivity contribution < 1.29 is 28.2 Å². The number of ether oxygens (including phenoxy) is 3. The lowest BCUT2D eigenvalue weighted by Crippen LogP contribution is -2.48. The van der Waals surface area contributed by atoms with Gasteiger partial charge in [-0.1, -0.05) is 6.92 Å². The van der Waals surface area contributed by atoms with Crippen LogP contribution in [0.25, 0.3) is 5.69 Å². The highest BCUT2D eigenvalue weighted by molar-refractivity contribution is 6.72. The zero-order chi connectivity index (χ0) is 26.9. The Hall–Kier alpha value is -2.69. The van der Waals surface area contributed by atoms with Crippen LogP contribution in [0.3, 0.4) is 0 Å². The number of fused-ring (bicyclic) bond motifs is 1. The summed E-state index contributed by atoms with van der Waals surface area (Å²) in [4.78, 5) is 27.7. The summed E-state index contributed by atoms with van der Waals surface area (Å²) >= 11 is 0. The first-order valence-electron chi connectivity index (χ1n) is 12.8. The highest BCUT2D eigenvalue weighted by Crippen LogP contribution is 2.48. The standard InChI is InChI=1S/C27H37FN2O6Si/c1-17-25(35-3)20-14-18(30-13-7-9-22(34-2)27(30)33)10-11-21(20)36-26(17)23(37(4,5)28)15-24(32)29-12-6-8-19(29)16-31/h7,9-11,13-14,17,19,23,25-26,31H,6,8,12,15-16H2,1-5H3/t17-,19+,23?,25-,26-/m1/s1. The Kier molecular flexibility index (Phi) is 8.10. The Bertz CT molecular complexity index is 1180. The number of pyridine rings is 1. The van der Waals surface area contributed by atoms with Crippen LogP contribution in [-0.2, 0) is 9.53 Å². The molecule has 4 rings (SSSR count). The number of hydrogen-bond donors (Lipinski definition) is 1. The normalized spacial score (nSPS) is 24.4. The summed E-state index contributed by atoms with van der Waals surface area (Å²) in [5.74, 6) is 0.405. The summed E-state index contributed by atoms with van der Waals surface area (Å²) in [6.45, 7) is 5.69. The number of aliphatic hydroxyl groups excluding tert-OH is 1. The fourth-order valence-corrected chi connectivity index (χ4v) is 7.57. The first-order chi connectivity index (χ1) is 17.6. The van der Waals surface area contributed by atoms with Gasteiger partial charge in [-0.25, -0.2) is 0 Å². The van der Waals surface area contributed by atoms with E-state index in [4.69, 9.17) is 14.2 Å². The molecule has 1 N–H and O–H groups in total. The molecule has 1 aromatic carbocycles. The minimum absolute atomic E-state index is 0.0320. The largest absolute Gasteiger partial charge is 0.491 e. The highest BCUT2D eigenvalue weighted by atomic mass is 28.4. The van der Waals surface area contributed by atoms with E-state index in [1.54, 1.807) is 55.6 Å². The number of hydrogen-bond acceptors (Lipinski definition) is 6. The summed E-state index contributed by atoms with van der Waals surface area (Å²) in [5.41, 5.74) is 0.520. The topological polar surface area (TPSA) is 90.2 Å². The summed E-state index contributed by atoms with van der Waals surface area (Å²) in [6, 6.07) is 8.54. The monoisotopic (exact) mass is 532 g/mol. The van der Waals surface area contributed by atoms with Gasteiger partial charge in [0.05, 0.1) is 25.9 Å². The van der Waals surface area contributed by atoms with E-state index in [0.29, 0.717) is 18.0 Å². The van der Waals surface area contributed by atoms with Gasteiger partial charge in [0.1, 0.15) is 11.9 Å². The number of rotatable bonds is 8. The summed E-state index contributed by atoms with van der Waals surface area (Å²) in [7, 11) is -0.300. The van der Waals surface area contributed by atoms with Gasteiger partial charge in [0.15, 0.2) is 5.75 Å². The Morgan fingerprint density at radius 2 is 2.05 bits per heavy atom. The SMILES string of the molecule is COc1cccn(-c2ccc3c(c2)[C@H](OC)[C@@H](C)[C@H](C(CC(=O)N2CCC[C@H]2CO)[Si](C)(C)F)O3)c1=O. The van der Waals surface area contributed by atoms with Gasteiger partial charge in [-0.2, -0.15) is 0 Å². The molecule has 0 radical (unpaired) electrons. The predicted octanol–water partition coefficient (Wildman–Crippen LogP) is 3.85. The first-order valence-corrected chi connectivity index (χ1v) is 15.7. The van der Waals surface area contributed by atoms with Crippen LogP contribution in [0.2, 0.25) is 18.6 Å². The van der Waals surface area contributed by atoms with Crippen molar-refractivity contribution >= 4 is 14.3 Å². The highest BCUT2D eigenvalue weighted by Gasteiger charge is 2.49. The first kappa shape index (κ1) is 27.3. The Morgan fingerprint density at radius 3 is 2.70 bits per heavy atom. The third-order valence-electron chi connectivity index (χ3n) is 7.80. The van der Waals surface area contributed by atoms with Crippen molar-refractivity contribution in [3.05, 3.63) is 52.4 Å². The molecule has 2 aromatic rings. The molecule has 1 fully saturated rings. The molecule has 10 heteroatoms. The van der Waals surface area contributed by atoms with E-state index in [0.717, 1.165) is 18.4 Å². The number of carbonyl (C=O) groups is 1. The van der Waals surface area contributed by atoms with Gasteiger partial charge in [-0.15, -0.1) is 0 Å². The maximum atomic E-state index is 15.8. The molecule has 1 amide bonds. The van der Waals surface area contributed by atoms with Crippen LogP contribution in [-0.4, -0.2) is 68.4 Å². The molecule has 3 heterocycles. The zero-order valence-corrected chi connectivity index (χ0v) is 23.1. The van der Waals surface area contributed by atoms with E-state index < -0.39 is 26.2 Å². The lowest BCUT2D eigenvalue weighted by Gasteiger charge is -2.43. The van der Waals surface area contributed by atoms with E-state index in [2.05, 4.69) is 0 Å². The van der Waals surface area contributed by atoms with Crippen molar-refractivity contribution in [1.82, 2.24) is 9.47 Å². The third kappa shape index (κ3) is 5.32. The minimum Gasteiger partial charge on any atom is -0.491 e. The number of carbonyl (C=O) groups excluding carboxylic acids is 1. The molecule has 0 saturated carbocycles. The molecular weight excluding hydrogens is 495 g/mol. The molecule has 0 aliphatic carbocycles. The number of methoxy groups -OCH3 is 2. The van der Waals surface area contributed by atoms with E-state index in [9.17, 15) is 14.7 Å². The third-order valence-corrected chi connectivity index (χ3v) is 10.1. The predicted molar refractivity (Wildman–Crippen MR) is 141 cm³/mol. The average Bonchev–Trinajstić information content (AvgIpc) is 3.35. The van der Waals surface area contributed by atoms with Gasteiger partial charge in [-0.05, 0) is 56.3 Å². The van der Waals surface area contributed by atoms with Crippen molar-refractivity contribution in [1.29, 1.82) is 0 Å². The van der Waals surface area contributed by atoms with Crippen LogP contribution >= 0.6 is 0 Å². The van der Waals surface area contributed by atoms with Gasteiger partial charge in [0, 0.05) is 49.0 Å². The molecule has 8 nitrogen and oxygen atoms in total. The van der Waals surface area contributed by atoms with Crippen LogP contribution in [0.1, 0.15) is 37.9 Å². The van der Waals surface area contributed by atoms with Crippen molar-refractivity contribution in [3.8, 4) is 17.2 Å². The fourth-order valence-electron chi connectivity index (χ4n) is 5.76. The Morgan fingerprint density at radius 1 is 1.30 bits per heavy atom. The number of benzene rings is 1. The summed E-state index contributed by atoms with van der Waals surface area (Å²) in [6.07, 6.45) is 2.32. The smallest absolute Gasteiger partial charge is 0.297 e. The van der Waals surface area contributed by atoms with E-state index in [1.807, 2.05) is 13.0 Å². The van der Waals surface area contributed by atoms with Gasteiger partial charge < -0.3 is 28.3 Å².